The summed E-state index contributed by atoms with van der Waals surface area (Å²) in [6.07, 6.45) is 1.72. The number of ether oxygens (including phenoxy) is 2. The fraction of sp³-hybridized carbons (Fsp3) is 0.579. The monoisotopic (exact) mass is 348 g/mol. The van der Waals surface area contributed by atoms with Crippen LogP contribution in [0.2, 0.25) is 0 Å². The Kier molecular flexibility index (Phi) is 6.67. The summed E-state index contributed by atoms with van der Waals surface area (Å²) < 4.78 is 10.5. The number of amides is 2. The van der Waals surface area contributed by atoms with Crippen molar-refractivity contribution in [2.75, 3.05) is 40.4 Å². The van der Waals surface area contributed by atoms with Gasteiger partial charge in [0.15, 0.2) is 11.5 Å². The smallest absolute Gasteiger partial charge is 0.254 e. The molecule has 0 atom stereocenters. The van der Waals surface area contributed by atoms with Gasteiger partial charge in [-0.3, -0.25) is 9.59 Å². The lowest BCUT2D eigenvalue weighted by Gasteiger charge is -2.36. The number of hydrogen-bond acceptors (Lipinski definition) is 4. The van der Waals surface area contributed by atoms with Crippen molar-refractivity contribution in [3.05, 3.63) is 23.8 Å². The summed E-state index contributed by atoms with van der Waals surface area (Å²) in [4.78, 5) is 28.8. The molecule has 6 heteroatoms. The van der Waals surface area contributed by atoms with Crippen molar-refractivity contribution in [1.29, 1.82) is 0 Å². The highest BCUT2D eigenvalue weighted by Crippen LogP contribution is 2.28. The summed E-state index contributed by atoms with van der Waals surface area (Å²) in [6.45, 7) is 6.38. The summed E-state index contributed by atoms with van der Waals surface area (Å²) in [5, 5.41) is 0. The number of nitrogens with zero attached hydrogens (tertiary/aromatic N) is 2. The van der Waals surface area contributed by atoms with E-state index in [-0.39, 0.29) is 17.7 Å². The van der Waals surface area contributed by atoms with E-state index in [2.05, 4.69) is 0 Å². The Labute approximate surface area is 149 Å². The van der Waals surface area contributed by atoms with Crippen LogP contribution in [0.1, 0.15) is 37.0 Å². The van der Waals surface area contributed by atoms with Crippen LogP contribution in [0.25, 0.3) is 0 Å². The molecule has 1 aromatic rings. The van der Waals surface area contributed by atoms with E-state index in [9.17, 15) is 9.59 Å². The lowest BCUT2D eigenvalue weighted by molar-refractivity contribution is -0.137. The van der Waals surface area contributed by atoms with E-state index in [1.807, 2.05) is 18.7 Å². The van der Waals surface area contributed by atoms with E-state index in [0.29, 0.717) is 43.2 Å². The summed E-state index contributed by atoms with van der Waals surface area (Å²) >= 11 is 0. The standard InChI is InChI=1S/C19H28N2O4/c1-5-14(6-2)18(22)20-9-11-21(12-10-20)19(23)15-7-8-16(24-3)17(13-15)25-4/h7-8,13-14H,5-6,9-12H2,1-4H3. The van der Waals surface area contributed by atoms with E-state index in [1.54, 1.807) is 37.3 Å². The van der Waals surface area contributed by atoms with E-state index < -0.39 is 0 Å². The third-order valence-corrected chi connectivity index (χ3v) is 4.84. The van der Waals surface area contributed by atoms with Gasteiger partial charge in [-0.1, -0.05) is 13.8 Å². The van der Waals surface area contributed by atoms with Gasteiger partial charge in [-0.15, -0.1) is 0 Å². The lowest BCUT2D eigenvalue weighted by Crippen LogP contribution is -2.51. The molecular weight excluding hydrogens is 320 g/mol. The SMILES string of the molecule is CCC(CC)C(=O)N1CCN(C(=O)c2ccc(OC)c(OC)c2)CC1. The molecule has 25 heavy (non-hydrogen) atoms. The maximum absolute atomic E-state index is 12.7. The Balaban J connectivity index is 2.01. The van der Waals surface area contributed by atoms with Crippen molar-refractivity contribution in [2.24, 2.45) is 5.92 Å². The second-order valence-electron chi connectivity index (χ2n) is 6.20. The third-order valence-electron chi connectivity index (χ3n) is 4.84. The Morgan fingerprint density at radius 3 is 2.04 bits per heavy atom. The summed E-state index contributed by atoms with van der Waals surface area (Å²) in [7, 11) is 3.11. The lowest BCUT2D eigenvalue weighted by atomic mass is 10.0. The minimum Gasteiger partial charge on any atom is -0.493 e. The predicted octanol–water partition coefficient (Wildman–Crippen LogP) is 2.42. The highest BCUT2D eigenvalue weighted by Gasteiger charge is 2.28. The number of carbonyl (C=O) groups is 2. The number of benzene rings is 1. The molecule has 1 saturated heterocycles. The average molecular weight is 348 g/mol. The molecule has 1 fully saturated rings. The van der Waals surface area contributed by atoms with Gasteiger partial charge in [0.2, 0.25) is 5.91 Å². The fourth-order valence-electron chi connectivity index (χ4n) is 3.18. The molecule has 1 aliphatic rings. The molecule has 1 heterocycles. The first-order chi connectivity index (χ1) is 12.0. The number of carbonyl (C=O) groups excluding carboxylic acids is 2. The predicted molar refractivity (Wildman–Crippen MR) is 96.1 cm³/mol. The molecule has 1 aliphatic heterocycles. The van der Waals surface area contributed by atoms with Crippen molar-refractivity contribution in [1.82, 2.24) is 9.80 Å². The van der Waals surface area contributed by atoms with Gasteiger partial charge < -0.3 is 19.3 Å². The Morgan fingerprint density at radius 2 is 1.52 bits per heavy atom. The molecule has 0 spiro atoms. The Morgan fingerprint density at radius 1 is 0.960 bits per heavy atom. The first kappa shape index (κ1) is 19.1. The van der Waals surface area contributed by atoms with E-state index >= 15 is 0 Å². The number of piperazine rings is 1. The normalized spacial score (nSPS) is 14.6. The van der Waals surface area contributed by atoms with Gasteiger partial charge in [-0.05, 0) is 31.0 Å². The molecular formula is C19H28N2O4. The molecule has 0 unspecified atom stereocenters. The number of methoxy groups -OCH3 is 2. The second-order valence-corrected chi connectivity index (χ2v) is 6.20. The van der Waals surface area contributed by atoms with Crippen LogP contribution in [-0.2, 0) is 4.79 Å². The molecule has 0 radical (unpaired) electrons. The molecule has 0 aliphatic carbocycles. The van der Waals surface area contributed by atoms with Crippen LogP contribution in [0.5, 0.6) is 11.5 Å². The topological polar surface area (TPSA) is 59.1 Å². The summed E-state index contributed by atoms with van der Waals surface area (Å²) in [5.41, 5.74) is 0.567. The van der Waals surface area contributed by atoms with Crippen molar-refractivity contribution in [3.63, 3.8) is 0 Å². The first-order valence-corrected chi connectivity index (χ1v) is 8.85. The zero-order chi connectivity index (χ0) is 18.4. The van der Waals surface area contributed by atoms with Crippen LogP contribution in [0, 0.1) is 5.92 Å². The first-order valence-electron chi connectivity index (χ1n) is 8.85. The molecule has 138 valence electrons. The molecule has 2 rings (SSSR count). The number of hydrogen-bond donors (Lipinski definition) is 0. The fourth-order valence-corrected chi connectivity index (χ4v) is 3.18. The molecule has 0 N–H and O–H groups in total. The van der Waals surface area contributed by atoms with Gasteiger partial charge in [-0.2, -0.15) is 0 Å². The Bertz CT molecular complexity index is 605. The minimum absolute atomic E-state index is 0.0458. The zero-order valence-corrected chi connectivity index (χ0v) is 15.6. The van der Waals surface area contributed by atoms with Gasteiger partial charge >= 0.3 is 0 Å². The van der Waals surface area contributed by atoms with Crippen LogP contribution in [0.15, 0.2) is 18.2 Å². The molecule has 0 bridgehead atoms. The van der Waals surface area contributed by atoms with E-state index in [0.717, 1.165) is 12.8 Å². The maximum atomic E-state index is 12.7. The zero-order valence-electron chi connectivity index (χ0n) is 15.6. The maximum Gasteiger partial charge on any atom is 0.254 e. The quantitative estimate of drug-likeness (QED) is 0.792. The van der Waals surface area contributed by atoms with Gasteiger partial charge in [0.05, 0.1) is 14.2 Å². The van der Waals surface area contributed by atoms with Crippen LogP contribution in [0.3, 0.4) is 0 Å². The molecule has 0 aromatic heterocycles. The summed E-state index contributed by atoms with van der Waals surface area (Å²) in [6, 6.07) is 5.17. The van der Waals surface area contributed by atoms with Crippen LogP contribution >= 0.6 is 0 Å². The molecule has 2 amide bonds. The third kappa shape index (κ3) is 4.24. The second kappa shape index (κ2) is 8.74. The minimum atomic E-state index is -0.0458. The van der Waals surface area contributed by atoms with Gasteiger partial charge in [0.1, 0.15) is 0 Å². The average Bonchev–Trinajstić information content (AvgIpc) is 2.67. The van der Waals surface area contributed by atoms with Crippen molar-refractivity contribution >= 4 is 11.8 Å². The van der Waals surface area contributed by atoms with Crippen LogP contribution < -0.4 is 9.47 Å². The van der Waals surface area contributed by atoms with Gasteiger partial charge in [0, 0.05) is 37.7 Å². The van der Waals surface area contributed by atoms with Gasteiger partial charge in [0.25, 0.3) is 5.91 Å². The highest BCUT2D eigenvalue weighted by atomic mass is 16.5. The van der Waals surface area contributed by atoms with Gasteiger partial charge in [-0.25, -0.2) is 0 Å². The van der Waals surface area contributed by atoms with Crippen LogP contribution in [-0.4, -0.2) is 62.0 Å². The largest absolute Gasteiger partial charge is 0.493 e. The van der Waals surface area contributed by atoms with E-state index in [1.165, 1.54) is 0 Å². The molecule has 6 nitrogen and oxygen atoms in total. The highest BCUT2D eigenvalue weighted by molar-refractivity contribution is 5.95. The Hall–Kier alpha value is -2.24. The van der Waals surface area contributed by atoms with Crippen molar-refractivity contribution in [3.8, 4) is 11.5 Å². The van der Waals surface area contributed by atoms with Crippen molar-refractivity contribution < 1.29 is 19.1 Å². The molecule has 1 aromatic carbocycles. The summed E-state index contributed by atoms with van der Waals surface area (Å²) in [5.74, 6) is 1.39. The van der Waals surface area contributed by atoms with Crippen LogP contribution in [0.4, 0.5) is 0 Å². The van der Waals surface area contributed by atoms with Crippen molar-refractivity contribution in [2.45, 2.75) is 26.7 Å². The molecule has 0 saturated carbocycles. The number of rotatable bonds is 6. The van der Waals surface area contributed by atoms with E-state index in [4.69, 9.17) is 9.47 Å².